The highest BCUT2D eigenvalue weighted by atomic mass is 16.7. The number of aryl methyl sites for hydroxylation is 3. The van der Waals surface area contributed by atoms with Crippen molar-refractivity contribution >= 4 is 11.5 Å². The van der Waals surface area contributed by atoms with E-state index in [2.05, 4.69) is 17.3 Å². The van der Waals surface area contributed by atoms with Crippen LogP contribution in [-0.4, -0.2) is 66.8 Å². The van der Waals surface area contributed by atoms with Crippen molar-refractivity contribution in [1.29, 1.82) is 0 Å². The first-order chi connectivity index (χ1) is 13.4. The Kier molecular flexibility index (Phi) is 4.77. The number of fused-ring (bicyclic) bond motifs is 3. The number of ketones is 1. The summed E-state index contributed by atoms with van der Waals surface area (Å²) in [5, 5.41) is 13.7. The lowest BCUT2D eigenvalue weighted by atomic mass is 9.77. The van der Waals surface area contributed by atoms with Crippen LogP contribution in [0.2, 0.25) is 0 Å². The van der Waals surface area contributed by atoms with Gasteiger partial charge in [-0.05, 0) is 31.9 Å². The average Bonchev–Trinajstić information content (AvgIpc) is 3.08. The van der Waals surface area contributed by atoms with Crippen molar-refractivity contribution in [2.24, 2.45) is 11.1 Å². The summed E-state index contributed by atoms with van der Waals surface area (Å²) in [5.41, 5.74) is 5.44. The molecule has 3 atom stereocenters. The molecule has 2 heterocycles. The number of morpholine rings is 1. The van der Waals surface area contributed by atoms with Gasteiger partial charge in [-0.25, -0.2) is 0 Å². The van der Waals surface area contributed by atoms with Gasteiger partial charge in [0.15, 0.2) is 5.78 Å². The van der Waals surface area contributed by atoms with Crippen LogP contribution in [0, 0.1) is 26.7 Å². The lowest BCUT2D eigenvalue weighted by Crippen LogP contribution is -2.63. The number of rotatable bonds is 4. The topological polar surface area (TPSA) is 80.6 Å². The van der Waals surface area contributed by atoms with Gasteiger partial charge in [0.05, 0.1) is 18.9 Å². The molecular formula is C21H26N2O5. The molecule has 0 unspecified atom stereocenters. The third kappa shape index (κ3) is 2.69. The standard InChI is InChI=1S/C21H26N2O5/c1-12-9-13(2)17(14(3)10-12)19-18-15(25)11-16-21(26-4,20(18)28-22-19)27-8-6-23(16)5-7-24/h9-11,18,20,24H,5-8H2,1-4H3/t18-,20+,21-/m0/s1. The summed E-state index contributed by atoms with van der Waals surface area (Å²) in [6, 6.07) is 4.16. The molecule has 1 saturated heterocycles. The zero-order valence-corrected chi connectivity index (χ0v) is 16.7. The number of aliphatic hydroxyl groups excluding tert-OH is 1. The fraction of sp³-hybridized carbons (Fsp3) is 0.524. The minimum atomic E-state index is -1.22. The Labute approximate surface area is 164 Å². The minimum Gasteiger partial charge on any atom is -0.395 e. The van der Waals surface area contributed by atoms with Gasteiger partial charge < -0.3 is 24.3 Å². The number of ether oxygens (including phenoxy) is 2. The third-order valence-electron chi connectivity index (χ3n) is 5.80. The molecule has 28 heavy (non-hydrogen) atoms. The van der Waals surface area contributed by atoms with Crippen LogP contribution in [0.1, 0.15) is 22.3 Å². The van der Waals surface area contributed by atoms with E-state index < -0.39 is 17.8 Å². The molecule has 150 valence electrons. The van der Waals surface area contributed by atoms with Gasteiger partial charge in [-0.1, -0.05) is 22.9 Å². The lowest BCUT2D eigenvalue weighted by molar-refractivity contribution is -0.284. The number of hydrogen-bond acceptors (Lipinski definition) is 7. The van der Waals surface area contributed by atoms with E-state index in [0.717, 1.165) is 22.3 Å². The number of benzene rings is 1. The summed E-state index contributed by atoms with van der Waals surface area (Å²) < 4.78 is 11.9. The van der Waals surface area contributed by atoms with Crippen LogP contribution in [0.3, 0.4) is 0 Å². The number of hydrogen-bond donors (Lipinski definition) is 1. The van der Waals surface area contributed by atoms with Gasteiger partial charge in [-0.3, -0.25) is 4.79 Å². The number of carbonyl (C=O) groups excluding carboxylic acids is 1. The van der Waals surface area contributed by atoms with Crippen molar-refractivity contribution < 1.29 is 24.2 Å². The zero-order chi connectivity index (χ0) is 20.1. The number of β-amino-alcohol motifs (C(OH)–C–C–N with tert-alkyl or cyclic N) is 1. The van der Waals surface area contributed by atoms with Crippen LogP contribution in [0.4, 0.5) is 0 Å². The SMILES string of the molecule is CO[C@]12OCCN(CCO)C1=CC(=O)[C@H]1C(c3c(C)cc(C)cc3C)=NO[C@H]12. The van der Waals surface area contributed by atoms with Gasteiger partial charge in [0.1, 0.15) is 11.6 Å². The van der Waals surface area contributed by atoms with E-state index >= 15 is 0 Å². The van der Waals surface area contributed by atoms with Gasteiger partial charge in [0.2, 0.25) is 6.10 Å². The van der Waals surface area contributed by atoms with Crippen LogP contribution in [0.25, 0.3) is 0 Å². The Morgan fingerprint density at radius 3 is 2.68 bits per heavy atom. The number of allylic oxidation sites excluding steroid dienone is 1. The van der Waals surface area contributed by atoms with Crippen LogP contribution >= 0.6 is 0 Å². The van der Waals surface area contributed by atoms with Crippen molar-refractivity contribution in [1.82, 2.24) is 4.90 Å². The molecule has 7 nitrogen and oxygen atoms in total. The van der Waals surface area contributed by atoms with Gasteiger partial charge in [-0.2, -0.15) is 0 Å². The molecule has 0 amide bonds. The highest BCUT2D eigenvalue weighted by molar-refractivity contribution is 6.19. The Balaban J connectivity index is 1.79. The Morgan fingerprint density at radius 1 is 1.32 bits per heavy atom. The van der Waals surface area contributed by atoms with Crippen LogP contribution in [-0.2, 0) is 19.1 Å². The molecule has 3 aliphatic rings. The molecule has 0 bridgehead atoms. The largest absolute Gasteiger partial charge is 0.395 e. The molecule has 1 N–H and O–H groups in total. The molecule has 2 aliphatic heterocycles. The van der Waals surface area contributed by atoms with E-state index in [-0.39, 0.29) is 12.4 Å². The fourth-order valence-electron chi connectivity index (χ4n) is 4.73. The first kappa shape index (κ1) is 19.1. The number of nitrogens with zero attached hydrogens (tertiary/aromatic N) is 2. The second-order valence-electron chi connectivity index (χ2n) is 7.62. The number of methoxy groups -OCH3 is 1. The molecule has 0 aromatic heterocycles. The van der Waals surface area contributed by atoms with Crippen molar-refractivity contribution in [2.45, 2.75) is 32.7 Å². The summed E-state index contributed by atoms with van der Waals surface area (Å²) in [4.78, 5) is 20.9. The molecule has 1 aromatic rings. The van der Waals surface area contributed by atoms with Crippen molar-refractivity contribution in [3.8, 4) is 0 Å². The summed E-state index contributed by atoms with van der Waals surface area (Å²) in [6.07, 6.45) is 0.865. The molecule has 0 spiro atoms. The number of aliphatic hydroxyl groups is 1. The Morgan fingerprint density at radius 2 is 2.04 bits per heavy atom. The smallest absolute Gasteiger partial charge is 0.252 e. The van der Waals surface area contributed by atoms with Gasteiger partial charge in [-0.15, -0.1) is 0 Å². The summed E-state index contributed by atoms with van der Waals surface area (Å²) in [6.45, 7) is 7.44. The molecule has 1 aromatic carbocycles. The van der Waals surface area contributed by atoms with E-state index in [1.165, 1.54) is 0 Å². The molecule has 1 aliphatic carbocycles. The van der Waals surface area contributed by atoms with E-state index in [0.29, 0.717) is 31.1 Å². The monoisotopic (exact) mass is 386 g/mol. The van der Waals surface area contributed by atoms with Gasteiger partial charge >= 0.3 is 0 Å². The van der Waals surface area contributed by atoms with Crippen LogP contribution in [0.15, 0.2) is 29.1 Å². The van der Waals surface area contributed by atoms with E-state index in [1.807, 2.05) is 25.7 Å². The van der Waals surface area contributed by atoms with Crippen molar-refractivity contribution in [3.63, 3.8) is 0 Å². The van der Waals surface area contributed by atoms with E-state index in [4.69, 9.17) is 14.3 Å². The van der Waals surface area contributed by atoms with Gasteiger partial charge in [0, 0.05) is 31.8 Å². The Hall–Kier alpha value is -2.22. The molecule has 0 radical (unpaired) electrons. The predicted molar refractivity (Wildman–Crippen MR) is 103 cm³/mol. The van der Waals surface area contributed by atoms with Crippen LogP contribution in [0.5, 0.6) is 0 Å². The maximum atomic E-state index is 13.2. The number of oxime groups is 1. The highest BCUT2D eigenvalue weighted by Gasteiger charge is 2.61. The number of carbonyl (C=O) groups is 1. The van der Waals surface area contributed by atoms with Crippen LogP contribution < -0.4 is 0 Å². The molecule has 7 heteroatoms. The second kappa shape index (κ2) is 6.99. The first-order valence-electron chi connectivity index (χ1n) is 9.55. The summed E-state index contributed by atoms with van der Waals surface area (Å²) in [5.74, 6) is -1.90. The Bertz CT molecular complexity index is 853. The first-order valence-corrected chi connectivity index (χ1v) is 9.55. The molecule has 0 saturated carbocycles. The third-order valence-corrected chi connectivity index (χ3v) is 5.80. The lowest BCUT2D eigenvalue weighted by Gasteiger charge is -2.49. The summed E-state index contributed by atoms with van der Waals surface area (Å²) in [7, 11) is 1.55. The molecule has 4 rings (SSSR count). The highest BCUT2D eigenvalue weighted by Crippen LogP contribution is 2.45. The summed E-state index contributed by atoms with van der Waals surface area (Å²) >= 11 is 0. The quantitative estimate of drug-likeness (QED) is 0.844. The molecule has 1 fully saturated rings. The van der Waals surface area contributed by atoms with Gasteiger partial charge in [0.25, 0.3) is 5.79 Å². The maximum Gasteiger partial charge on any atom is 0.252 e. The average molecular weight is 386 g/mol. The zero-order valence-electron chi connectivity index (χ0n) is 16.7. The normalized spacial score (nSPS) is 29.0. The van der Waals surface area contributed by atoms with E-state index in [9.17, 15) is 9.90 Å². The van der Waals surface area contributed by atoms with E-state index in [1.54, 1.807) is 13.2 Å². The molecular weight excluding hydrogens is 360 g/mol. The minimum absolute atomic E-state index is 0.0240. The fourth-order valence-corrected chi connectivity index (χ4v) is 4.73. The maximum absolute atomic E-state index is 13.2. The van der Waals surface area contributed by atoms with Crippen molar-refractivity contribution in [3.05, 3.63) is 46.2 Å². The van der Waals surface area contributed by atoms with Crippen molar-refractivity contribution in [2.75, 3.05) is 33.4 Å². The second-order valence-corrected chi connectivity index (χ2v) is 7.62. The predicted octanol–water partition coefficient (Wildman–Crippen LogP) is 1.46.